The van der Waals surface area contributed by atoms with Crippen LogP contribution in [-0.2, 0) is 11.3 Å². The first kappa shape index (κ1) is 17.3. The Morgan fingerprint density at radius 2 is 2.04 bits per heavy atom. The minimum absolute atomic E-state index is 0.224. The lowest BCUT2D eigenvalue weighted by atomic mass is 10.1. The van der Waals surface area contributed by atoms with Crippen LogP contribution in [0.4, 0.5) is 0 Å². The van der Waals surface area contributed by atoms with Crippen molar-refractivity contribution in [3.63, 3.8) is 0 Å². The molecule has 25 heavy (non-hydrogen) atoms. The van der Waals surface area contributed by atoms with E-state index in [0.29, 0.717) is 18.1 Å². The van der Waals surface area contributed by atoms with Crippen LogP contribution in [0.5, 0.6) is 0 Å². The molecule has 0 aliphatic carbocycles. The molecule has 130 valence electrons. The molecule has 3 rings (SSSR count). The first-order valence-electron chi connectivity index (χ1n) is 8.16. The summed E-state index contributed by atoms with van der Waals surface area (Å²) in [5, 5.41) is 9.60. The Kier molecular flexibility index (Phi) is 5.55. The third-order valence-electron chi connectivity index (χ3n) is 3.83. The Morgan fingerprint density at radius 1 is 1.24 bits per heavy atom. The van der Waals surface area contributed by atoms with Crippen molar-refractivity contribution in [2.24, 2.45) is 5.73 Å². The smallest absolute Gasteiger partial charge is 0.219 e. The highest BCUT2D eigenvalue weighted by Crippen LogP contribution is 2.38. The molecule has 0 aliphatic heterocycles. The molecule has 0 spiro atoms. The molecule has 1 amide bonds. The number of hydrogen-bond acceptors (Lipinski definition) is 5. The fraction of sp³-hybridized carbons (Fsp3) is 0.278. The van der Waals surface area contributed by atoms with E-state index in [2.05, 4.69) is 29.3 Å². The number of thioether (sulfide) groups is 1. The first-order chi connectivity index (χ1) is 12.2. The molecule has 2 N–H and O–H groups in total. The van der Waals surface area contributed by atoms with Crippen LogP contribution in [-0.4, -0.2) is 20.7 Å². The van der Waals surface area contributed by atoms with Gasteiger partial charge in [0.25, 0.3) is 0 Å². The molecule has 2 heterocycles. The molecule has 0 fully saturated rings. The Hall–Kier alpha value is -2.54. The van der Waals surface area contributed by atoms with Crippen LogP contribution in [0.3, 0.4) is 0 Å². The molecule has 0 saturated heterocycles. The average Bonchev–Trinajstić information content (AvgIpc) is 3.28. The van der Waals surface area contributed by atoms with Crippen LogP contribution in [0.15, 0.2) is 58.3 Å². The van der Waals surface area contributed by atoms with Gasteiger partial charge in [0.15, 0.2) is 16.7 Å². The molecule has 3 aromatic rings. The molecule has 1 aromatic carbocycles. The Balaban J connectivity index is 1.90. The molecule has 0 radical (unpaired) electrons. The standard InChI is InChI=1S/C18H20N4O2S/c1-2-15(13-7-4-3-5-8-13)25-18-21-20-17(14-9-6-12-24-14)22(18)11-10-16(19)23/h3-9,12,15H,2,10-11H2,1H3,(H2,19,23)/t15-/m1/s1. The van der Waals surface area contributed by atoms with Crippen molar-refractivity contribution >= 4 is 17.7 Å². The lowest BCUT2D eigenvalue weighted by molar-refractivity contribution is -0.118. The summed E-state index contributed by atoms with van der Waals surface area (Å²) in [7, 11) is 0. The number of aromatic nitrogens is 3. The minimum Gasteiger partial charge on any atom is -0.461 e. The van der Waals surface area contributed by atoms with Gasteiger partial charge in [-0.25, -0.2) is 0 Å². The van der Waals surface area contributed by atoms with Crippen molar-refractivity contribution in [1.29, 1.82) is 0 Å². The number of rotatable bonds is 8. The molecule has 7 heteroatoms. The number of furan rings is 1. The average molecular weight is 356 g/mol. The van der Waals surface area contributed by atoms with Crippen molar-refractivity contribution in [2.75, 3.05) is 0 Å². The summed E-state index contributed by atoms with van der Waals surface area (Å²) in [5.41, 5.74) is 6.56. The maximum absolute atomic E-state index is 11.2. The lowest BCUT2D eigenvalue weighted by Crippen LogP contribution is -2.15. The third-order valence-corrected chi connectivity index (χ3v) is 5.23. The van der Waals surface area contributed by atoms with Crippen LogP contribution in [0.25, 0.3) is 11.6 Å². The van der Waals surface area contributed by atoms with E-state index >= 15 is 0 Å². The van der Waals surface area contributed by atoms with Gasteiger partial charge in [-0.3, -0.25) is 9.36 Å². The molecule has 0 bridgehead atoms. The maximum atomic E-state index is 11.2. The fourth-order valence-corrected chi connectivity index (χ4v) is 3.68. The van der Waals surface area contributed by atoms with Gasteiger partial charge in [0.1, 0.15) is 0 Å². The van der Waals surface area contributed by atoms with Gasteiger partial charge in [-0.1, -0.05) is 49.0 Å². The molecule has 0 unspecified atom stereocenters. The second-order valence-corrected chi connectivity index (χ2v) is 6.75. The zero-order valence-electron chi connectivity index (χ0n) is 14.0. The highest BCUT2D eigenvalue weighted by Gasteiger charge is 2.20. The molecule has 0 aliphatic rings. The molecule has 1 atom stereocenters. The Bertz CT molecular complexity index is 815. The third kappa shape index (κ3) is 4.11. The van der Waals surface area contributed by atoms with E-state index in [0.717, 1.165) is 11.6 Å². The number of benzene rings is 1. The number of nitrogens with zero attached hydrogens (tertiary/aromatic N) is 3. The van der Waals surface area contributed by atoms with Crippen LogP contribution >= 0.6 is 11.8 Å². The van der Waals surface area contributed by atoms with Gasteiger partial charge in [0, 0.05) is 18.2 Å². The van der Waals surface area contributed by atoms with Gasteiger partial charge in [-0.2, -0.15) is 0 Å². The zero-order chi connectivity index (χ0) is 17.6. The van der Waals surface area contributed by atoms with Crippen molar-refractivity contribution in [1.82, 2.24) is 14.8 Å². The second-order valence-electron chi connectivity index (χ2n) is 5.58. The highest BCUT2D eigenvalue weighted by molar-refractivity contribution is 7.99. The van der Waals surface area contributed by atoms with Crippen LogP contribution in [0.1, 0.15) is 30.6 Å². The largest absolute Gasteiger partial charge is 0.461 e. The van der Waals surface area contributed by atoms with E-state index in [1.807, 2.05) is 28.8 Å². The predicted octanol–water partition coefficient (Wildman–Crippen LogP) is 3.66. The summed E-state index contributed by atoms with van der Waals surface area (Å²) < 4.78 is 7.35. The topological polar surface area (TPSA) is 86.9 Å². The van der Waals surface area contributed by atoms with Crippen molar-refractivity contribution in [3.05, 3.63) is 54.3 Å². The van der Waals surface area contributed by atoms with E-state index in [-0.39, 0.29) is 17.6 Å². The molecule has 0 saturated carbocycles. The van der Waals surface area contributed by atoms with Gasteiger partial charge in [-0.15, -0.1) is 10.2 Å². The van der Waals surface area contributed by atoms with Crippen LogP contribution < -0.4 is 5.73 Å². The summed E-state index contributed by atoms with van der Waals surface area (Å²) in [5.74, 6) is 0.874. The lowest BCUT2D eigenvalue weighted by Gasteiger charge is -2.15. The molecule has 2 aromatic heterocycles. The summed E-state index contributed by atoms with van der Waals surface area (Å²) in [4.78, 5) is 11.2. The number of hydrogen-bond donors (Lipinski definition) is 1. The quantitative estimate of drug-likeness (QED) is 0.622. The maximum Gasteiger partial charge on any atom is 0.219 e. The number of carbonyl (C=O) groups is 1. The van der Waals surface area contributed by atoms with Crippen molar-refractivity contribution in [2.45, 2.75) is 36.7 Å². The van der Waals surface area contributed by atoms with E-state index in [9.17, 15) is 4.79 Å². The van der Waals surface area contributed by atoms with E-state index in [4.69, 9.17) is 10.2 Å². The van der Waals surface area contributed by atoms with Gasteiger partial charge in [0.2, 0.25) is 5.91 Å². The van der Waals surface area contributed by atoms with Crippen LogP contribution in [0.2, 0.25) is 0 Å². The van der Waals surface area contributed by atoms with E-state index in [1.165, 1.54) is 5.56 Å². The van der Waals surface area contributed by atoms with Crippen LogP contribution in [0, 0.1) is 0 Å². The number of primary amides is 1. The van der Waals surface area contributed by atoms with Gasteiger partial charge >= 0.3 is 0 Å². The first-order valence-corrected chi connectivity index (χ1v) is 9.04. The Labute approximate surface area is 150 Å². The molecule has 6 nitrogen and oxygen atoms in total. The highest BCUT2D eigenvalue weighted by atomic mass is 32.2. The second kappa shape index (κ2) is 8.02. The van der Waals surface area contributed by atoms with Gasteiger partial charge in [-0.05, 0) is 24.1 Å². The predicted molar refractivity (Wildman–Crippen MR) is 96.9 cm³/mol. The summed E-state index contributed by atoms with van der Waals surface area (Å²) in [6.45, 7) is 2.56. The summed E-state index contributed by atoms with van der Waals surface area (Å²) in [6.07, 6.45) is 2.77. The number of nitrogens with two attached hydrogens (primary N) is 1. The number of carbonyl (C=O) groups excluding carboxylic acids is 1. The van der Waals surface area contributed by atoms with Crippen molar-refractivity contribution in [3.8, 4) is 11.6 Å². The van der Waals surface area contributed by atoms with Gasteiger partial charge < -0.3 is 10.2 Å². The summed E-state index contributed by atoms with van der Waals surface area (Å²) in [6, 6.07) is 13.9. The molecular weight excluding hydrogens is 336 g/mol. The fourth-order valence-electron chi connectivity index (χ4n) is 2.57. The SMILES string of the molecule is CC[C@@H](Sc1nnc(-c2ccco2)n1CCC(N)=O)c1ccccc1. The van der Waals surface area contributed by atoms with Gasteiger partial charge in [0.05, 0.1) is 6.26 Å². The number of amides is 1. The normalized spacial score (nSPS) is 12.2. The monoisotopic (exact) mass is 356 g/mol. The van der Waals surface area contributed by atoms with Crippen molar-refractivity contribution < 1.29 is 9.21 Å². The van der Waals surface area contributed by atoms with E-state index < -0.39 is 0 Å². The Morgan fingerprint density at radius 3 is 2.68 bits per heavy atom. The minimum atomic E-state index is -0.356. The summed E-state index contributed by atoms with van der Waals surface area (Å²) >= 11 is 1.63. The van der Waals surface area contributed by atoms with E-state index in [1.54, 1.807) is 24.1 Å². The zero-order valence-corrected chi connectivity index (χ0v) is 14.8. The molecular formula is C18H20N4O2S.